The van der Waals surface area contributed by atoms with Gasteiger partial charge in [-0.15, -0.1) is 0 Å². The molecule has 26 heavy (non-hydrogen) atoms. The molecule has 0 bridgehead atoms. The number of hydrogen-bond donors (Lipinski definition) is 0. The number of carbonyl (C=O) groups excluding carboxylic acids is 1. The zero-order chi connectivity index (χ0) is 18.3. The van der Waals surface area contributed by atoms with Gasteiger partial charge in [0.25, 0.3) is 0 Å². The van der Waals surface area contributed by atoms with Gasteiger partial charge in [0.05, 0.1) is 14.2 Å². The molecule has 0 saturated carbocycles. The standard InChI is InChI=1S/C21H20FNO3/c1-25-19-10-14-7-8-23-18(17(14)12-20(19)26-2)9-15(11-21(23)24)13-3-5-16(22)6-4-13/h3-6,9-10,12,15H,7-8,11H2,1-2H3/t15-/m1/s1. The molecule has 0 unspecified atom stereocenters. The molecule has 2 heterocycles. The molecule has 0 fully saturated rings. The van der Waals surface area contributed by atoms with E-state index in [2.05, 4.69) is 6.08 Å². The van der Waals surface area contributed by atoms with Crippen LogP contribution in [0, 0.1) is 5.82 Å². The molecule has 4 rings (SSSR count). The second-order valence-electron chi connectivity index (χ2n) is 6.57. The number of fused-ring (bicyclic) bond motifs is 3. The Bertz CT molecular complexity index is 889. The van der Waals surface area contributed by atoms with Crippen LogP contribution in [0.4, 0.5) is 4.39 Å². The monoisotopic (exact) mass is 353 g/mol. The second-order valence-corrected chi connectivity index (χ2v) is 6.57. The van der Waals surface area contributed by atoms with Crippen LogP contribution in [0.25, 0.3) is 5.70 Å². The van der Waals surface area contributed by atoms with Gasteiger partial charge in [0.2, 0.25) is 5.91 Å². The lowest BCUT2D eigenvalue weighted by Crippen LogP contribution is -2.38. The molecule has 1 atom stereocenters. The topological polar surface area (TPSA) is 38.8 Å². The normalized spacial score (nSPS) is 18.7. The molecule has 2 aliphatic rings. The summed E-state index contributed by atoms with van der Waals surface area (Å²) in [4.78, 5) is 14.6. The molecule has 0 spiro atoms. The molecule has 1 amide bonds. The van der Waals surface area contributed by atoms with E-state index in [4.69, 9.17) is 9.47 Å². The lowest BCUT2D eigenvalue weighted by molar-refractivity contribution is -0.128. The van der Waals surface area contributed by atoms with Gasteiger partial charge in [0.15, 0.2) is 11.5 Å². The molecule has 2 aromatic rings. The molecule has 0 aromatic heterocycles. The number of methoxy groups -OCH3 is 2. The zero-order valence-electron chi connectivity index (χ0n) is 14.8. The van der Waals surface area contributed by atoms with E-state index in [1.807, 2.05) is 17.0 Å². The third-order valence-electron chi connectivity index (χ3n) is 5.13. The maximum Gasteiger partial charge on any atom is 0.227 e. The molecule has 0 aliphatic carbocycles. The van der Waals surface area contributed by atoms with Crippen LogP contribution in [-0.4, -0.2) is 31.6 Å². The Balaban J connectivity index is 1.81. The summed E-state index contributed by atoms with van der Waals surface area (Å²) < 4.78 is 24.1. The van der Waals surface area contributed by atoms with E-state index in [1.54, 1.807) is 26.4 Å². The summed E-state index contributed by atoms with van der Waals surface area (Å²) in [6.07, 6.45) is 3.29. The molecular formula is C21H20FNO3. The summed E-state index contributed by atoms with van der Waals surface area (Å²) in [7, 11) is 3.22. The third-order valence-corrected chi connectivity index (χ3v) is 5.13. The van der Waals surface area contributed by atoms with Gasteiger partial charge in [-0.2, -0.15) is 0 Å². The predicted octanol–water partition coefficient (Wildman–Crippen LogP) is 3.76. The van der Waals surface area contributed by atoms with Crippen molar-refractivity contribution in [2.24, 2.45) is 0 Å². The van der Waals surface area contributed by atoms with E-state index >= 15 is 0 Å². The van der Waals surface area contributed by atoms with Crippen molar-refractivity contribution in [2.75, 3.05) is 20.8 Å². The summed E-state index contributed by atoms with van der Waals surface area (Å²) in [5.74, 6) is 1.10. The van der Waals surface area contributed by atoms with Crippen LogP contribution in [-0.2, 0) is 11.2 Å². The maximum atomic E-state index is 13.2. The van der Waals surface area contributed by atoms with Crippen molar-refractivity contribution in [3.63, 3.8) is 0 Å². The van der Waals surface area contributed by atoms with Gasteiger partial charge in [0, 0.05) is 30.1 Å². The van der Waals surface area contributed by atoms with Crippen molar-refractivity contribution >= 4 is 11.6 Å². The maximum absolute atomic E-state index is 13.2. The van der Waals surface area contributed by atoms with E-state index < -0.39 is 0 Å². The van der Waals surface area contributed by atoms with Crippen molar-refractivity contribution in [3.05, 3.63) is 65.0 Å². The molecule has 4 nitrogen and oxygen atoms in total. The van der Waals surface area contributed by atoms with Crippen LogP contribution in [0.2, 0.25) is 0 Å². The minimum absolute atomic E-state index is 0.0617. The second kappa shape index (κ2) is 6.48. The summed E-state index contributed by atoms with van der Waals surface area (Å²) in [6.45, 7) is 0.656. The highest BCUT2D eigenvalue weighted by Crippen LogP contribution is 2.42. The largest absolute Gasteiger partial charge is 0.493 e. The fourth-order valence-electron chi connectivity index (χ4n) is 3.78. The lowest BCUT2D eigenvalue weighted by Gasteiger charge is -2.37. The molecular weight excluding hydrogens is 333 g/mol. The van der Waals surface area contributed by atoms with Crippen LogP contribution >= 0.6 is 0 Å². The highest BCUT2D eigenvalue weighted by Gasteiger charge is 2.33. The quantitative estimate of drug-likeness (QED) is 0.843. The number of hydrogen-bond acceptors (Lipinski definition) is 3. The van der Waals surface area contributed by atoms with Gasteiger partial charge in [-0.1, -0.05) is 18.2 Å². The van der Waals surface area contributed by atoms with Gasteiger partial charge in [-0.3, -0.25) is 4.79 Å². The molecule has 134 valence electrons. The van der Waals surface area contributed by atoms with E-state index in [9.17, 15) is 9.18 Å². The Morgan fingerprint density at radius 1 is 1.08 bits per heavy atom. The van der Waals surface area contributed by atoms with E-state index in [0.29, 0.717) is 24.5 Å². The number of carbonyl (C=O) groups is 1. The molecule has 5 heteroatoms. The number of nitrogens with zero attached hydrogens (tertiary/aromatic N) is 1. The molecule has 0 radical (unpaired) electrons. The Morgan fingerprint density at radius 3 is 2.46 bits per heavy atom. The van der Waals surface area contributed by atoms with E-state index in [-0.39, 0.29) is 17.6 Å². The summed E-state index contributed by atoms with van der Waals surface area (Å²) in [6, 6.07) is 10.3. The fraction of sp³-hybridized carbons (Fsp3) is 0.286. The number of allylic oxidation sites excluding steroid dienone is 1. The minimum Gasteiger partial charge on any atom is -0.493 e. The number of benzene rings is 2. The summed E-state index contributed by atoms with van der Waals surface area (Å²) in [5, 5.41) is 0. The van der Waals surface area contributed by atoms with E-state index in [0.717, 1.165) is 28.8 Å². The van der Waals surface area contributed by atoms with Crippen LogP contribution in [0.1, 0.15) is 29.0 Å². The third kappa shape index (κ3) is 2.73. The average Bonchev–Trinajstić information content (AvgIpc) is 2.67. The summed E-state index contributed by atoms with van der Waals surface area (Å²) in [5.41, 5.74) is 3.98. The van der Waals surface area contributed by atoms with Crippen LogP contribution < -0.4 is 9.47 Å². The first-order valence-corrected chi connectivity index (χ1v) is 8.63. The van der Waals surface area contributed by atoms with Crippen molar-refractivity contribution in [1.82, 2.24) is 4.90 Å². The van der Waals surface area contributed by atoms with Gasteiger partial charge in [-0.25, -0.2) is 4.39 Å². The van der Waals surface area contributed by atoms with Crippen LogP contribution in [0.15, 0.2) is 42.5 Å². The SMILES string of the molecule is COc1cc2c(cc1OC)C1=C[C@@H](c3ccc(F)cc3)CC(=O)N1CC2. The minimum atomic E-state index is -0.273. The van der Waals surface area contributed by atoms with E-state index in [1.165, 1.54) is 12.1 Å². The molecule has 0 N–H and O–H groups in total. The predicted molar refractivity (Wildman–Crippen MR) is 96.7 cm³/mol. The Hall–Kier alpha value is -2.82. The van der Waals surface area contributed by atoms with Crippen LogP contribution in [0.5, 0.6) is 11.5 Å². The Kier molecular flexibility index (Phi) is 4.15. The first kappa shape index (κ1) is 16.6. The van der Waals surface area contributed by atoms with Gasteiger partial charge in [0.1, 0.15) is 5.82 Å². The molecule has 2 aliphatic heterocycles. The Morgan fingerprint density at radius 2 is 1.77 bits per heavy atom. The highest BCUT2D eigenvalue weighted by molar-refractivity contribution is 5.92. The number of amides is 1. The zero-order valence-corrected chi connectivity index (χ0v) is 14.8. The fourth-order valence-corrected chi connectivity index (χ4v) is 3.78. The molecule has 0 saturated heterocycles. The number of halogens is 1. The van der Waals surface area contributed by atoms with Crippen molar-refractivity contribution in [2.45, 2.75) is 18.8 Å². The van der Waals surface area contributed by atoms with Gasteiger partial charge >= 0.3 is 0 Å². The van der Waals surface area contributed by atoms with Crippen LogP contribution in [0.3, 0.4) is 0 Å². The smallest absolute Gasteiger partial charge is 0.227 e. The summed E-state index contributed by atoms with van der Waals surface area (Å²) >= 11 is 0. The molecule has 2 aromatic carbocycles. The highest BCUT2D eigenvalue weighted by atomic mass is 19.1. The average molecular weight is 353 g/mol. The van der Waals surface area contributed by atoms with Crippen molar-refractivity contribution in [1.29, 1.82) is 0 Å². The van der Waals surface area contributed by atoms with Crippen molar-refractivity contribution in [3.8, 4) is 11.5 Å². The number of rotatable bonds is 3. The van der Waals surface area contributed by atoms with Crippen molar-refractivity contribution < 1.29 is 18.7 Å². The first-order valence-electron chi connectivity index (χ1n) is 8.63. The first-order chi connectivity index (χ1) is 12.6. The van der Waals surface area contributed by atoms with Gasteiger partial charge in [-0.05, 0) is 41.8 Å². The number of ether oxygens (including phenoxy) is 2. The van der Waals surface area contributed by atoms with Gasteiger partial charge < -0.3 is 14.4 Å². The lowest BCUT2D eigenvalue weighted by atomic mass is 9.86. The Labute approximate surface area is 151 Å².